The number of allylic oxidation sites excluding steroid dienone is 1. The largest absolute Gasteiger partial charge is 0.488 e. The van der Waals surface area contributed by atoms with E-state index in [1.54, 1.807) is 23.0 Å². The zero-order valence-electron chi connectivity index (χ0n) is 21.5. The molecule has 192 valence electrons. The van der Waals surface area contributed by atoms with Crippen molar-refractivity contribution in [2.75, 3.05) is 17.3 Å². The fourth-order valence-electron chi connectivity index (χ4n) is 4.72. The van der Waals surface area contributed by atoms with Gasteiger partial charge in [0, 0.05) is 24.5 Å². The van der Waals surface area contributed by atoms with E-state index >= 15 is 0 Å². The number of hydrogen-bond acceptors (Lipinski definition) is 6. The summed E-state index contributed by atoms with van der Waals surface area (Å²) in [6.07, 6.45) is 8.75. The van der Waals surface area contributed by atoms with Gasteiger partial charge in [-0.3, -0.25) is 4.79 Å². The molecule has 0 saturated carbocycles. The van der Waals surface area contributed by atoms with Gasteiger partial charge in [0.05, 0.1) is 18.4 Å². The van der Waals surface area contributed by atoms with Crippen LogP contribution in [-0.2, 0) is 17.9 Å². The summed E-state index contributed by atoms with van der Waals surface area (Å²) >= 11 is 0. The van der Waals surface area contributed by atoms with Gasteiger partial charge >= 0.3 is 7.12 Å². The van der Waals surface area contributed by atoms with Gasteiger partial charge in [-0.05, 0) is 40.5 Å². The molecule has 0 aliphatic heterocycles. The van der Waals surface area contributed by atoms with Crippen LogP contribution in [-0.4, -0.2) is 45.1 Å². The summed E-state index contributed by atoms with van der Waals surface area (Å²) < 4.78 is 1.68. The molecule has 1 aromatic heterocycles. The van der Waals surface area contributed by atoms with Crippen molar-refractivity contribution < 1.29 is 14.8 Å². The number of nitrogens with zero attached hydrogens (tertiary/aromatic N) is 4. The zero-order chi connectivity index (χ0) is 27.2. The maximum atomic E-state index is 11.7. The summed E-state index contributed by atoms with van der Waals surface area (Å²) in [6.45, 7) is 10.4. The third-order valence-corrected chi connectivity index (χ3v) is 6.33. The summed E-state index contributed by atoms with van der Waals surface area (Å²) in [7, 11) is 0.431. The van der Waals surface area contributed by atoms with Gasteiger partial charge in [-0.2, -0.15) is 0 Å². The van der Waals surface area contributed by atoms with Crippen LogP contribution in [0.2, 0.25) is 0 Å². The van der Waals surface area contributed by atoms with E-state index in [4.69, 9.17) is 0 Å². The van der Waals surface area contributed by atoms with Crippen molar-refractivity contribution in [3.63, 3.8) is 0 Å². The third-order valence-electron chi connectivity index (χ3n) is 6.33. The second-order valence-electron chi connectivity index (χ2n) is 8.83. The molecule has 0 atom stereocenters. The van der Waals surface area contributed by atoms with Gasteiger partial charge < -0.3 is 20.3 Å². The maximum Gasteiger partial charge on any atom is 0.488 e. The first-order valence-electron chi connectivity index (χ1n) is 12.2. The summed E-state index contributed by atoms with van der Waals surface area (Å²) in [5.41, 5.74) is 5.24. The highest BCUT2D eigenvalue weighted by molar-refractivity contribution is 6.59. The molecule has 0 spiro atoms. The van der Waals surface area contributed by atoms with E-state index in [2.05, 4.69) is 51.9 Å². The molecule has 0 aliphatic carbocycles. The third kappa shape index (κ3) is 5.44. The molecule has 0 aliphatic rings. The van der Waals surface area contributed by atoms with Gasteiger partial charge in [-0.1, -0.05) is 85.1 Å². The smallest absolute Gasteiger partial charge is 0.423 e. The second-order valence-corrected chi connectivity index (χ2v) is 8.83. The lowest BCUT2D eigenvalue weighted by Crippen LogP contribution is -2.35. The van der Waals surface area contributed by atoms with Crippen LogP contribution < -0.4 is 15.7 Å². The number of hydrogen-bond donors (Lipinski definition) is 3. The van der Waals surface area contributed by atoms with Crippen LogP contribution in [0.1, 0.15) is 29.2 Å². The molecule has 0 fully saturated rings. The Morgan fingerprint density at radius 1 is 1.11 bits per heavy atom. The molecule has 1 amide bonds. The lowest BCUT2D eigenvalue weighted by atomic mass is 9.77. The predicted molar refractivity (Wildman–Crippen MR) is 155 cm³/mol. The van der Waals surface area contributed by atoms with Gasteiger partial charge in [0.2, 0.25) is 5.91 Å². The summed E-state index contributed by atoms with van der Waals surface area (Å²) in [4.78, 5) is 13.8. The lowest BCUT2D eigenvalue weighted by Gasteiger charge is -2.28. The first-order chi connectivity index (χ1) is 18.4. The Morgan fingerprint density at radius 3 is 2.50 bits per heavy atom. The van der Waals surface area contributed by atoms with Crippen LogP contribution in [0.3, 0.4) is 0 Å². The standard InChI is InChI=1S/C29H30BN5O3/c1-5-12-22-21(6-2)29(34(4)17-20-13-8-11-16-26(20)30(37)38)24-15-10-9-14-23(24)25(22)18-35-19-27(32-33-35)31-28(36)7-3/h5-16,19,37-38H,2-3,17-18H2,1,4H3,(H,31,36)/b12-5-. The first-order valence-corrected chi connectivity index (χ1v) is 12.2. The van der Waals surface area contributed by atoms with E-state index in [1.165, 1.54) is 6.08 Å². The molecule has 38 heavy (non-hydrogen) atoms. The highest BCUT2D eigenvalue weighted by atomic mass is 16.4. The van der Waals surface area contributed by atoms with Crippen LogP contribution in [0, 0.1) is 0 Å². The fourth-order valence-corrected chi connectivity index (χ4v) is 4.72. The summed E-state index contributed by atoms with van der Waals surface area (Å²) in [6, 6.07) is 15.4. The number of nitrogens with one attached hydrogen (secondary N) is 1. The molecule has 0 bridgehead atoms. The van der Waals surface area contributed by atoms with E-state index in [1.807, 2.05) is 50.4 Å². The van der Waals surface area contributed by atoms with Crippen LogP contribution in [0.25, 0.3) is 22.9 Å². The van der Waals surface area contributed by atoms with Crippen LogP contribution >= 0.6 is 0 Å². The quantitative estimate of drug-likeness (QED) is 0.224. The highest BCUT2D eigenvalue weighted by Crippen LogP contribution is 2.39. The van der Waals surface area contributed by atoms with Gasteiger partial charge in [-0.25, -0.2) is 4.68 Å². The van der Waals surface area contributed by atoms with E-state index in [9.17, 15) is 14.8 Å². The van der Waals surface area contributed by atoms with Crippen LogP contribution in [0.5, 0.6) is 0 Å². The molecule has 0 radical (unpaired) electrons. The molecule has 4 aromatic rings. The number of rotatable bonds is 10. The van der Waals surface area contributed by atoms with Crippen molar-refractivity contribution in [1.29, 1.82) is 0 Å². The summed E-state index contributed by atoms with van der Waals surface area (Å²) in [5.74, 6) is -0.00875. The van der Waals surface area contributed by atoms with Gasteiger partial charge in [-0.15, -0.1) is 5.10 Å². The average Bonchev–Trinajstić information content (AvgIpc) is 3.36. The molecule has 3 N–H and O–H groups in total. The van der Waals surface area contributed by atoms with Crippen molar-refractivity contribution in [3.8, 4) is 0 Å². The normalized spacial score (nSPS) is 11.1. The number of carbonyl (C=O) groups is 1. The topological polar surface area (TPSA) is 104 Å². The Kier molecular flexibility index (Phi) is 8.20. The fraction of sp³-hybridized carbons (Fsp3) is 0.138. The number of anilines is 2. The van der Waals surface area contributed by atoms with Gasteiger partial charge in [0.25, 0.3) is 0 Å². The SMILES string of the molecule is C=CC(=O)Nc1cn(Cc2c(/C=C\C)c(C=C)c(N(C)Cc3ccccc3B(O)O)c3ccccc23)nn1. The van der Waals surface area contributed by atoms with Crippen molar-refractivity contribution in [2.45, 2.75) is 20.0 Å². The monoisotopic (exact) mass is 507 g/mol. The first kappa shape index (κ1) is 26.6. The van der Waals surface area contributed by atoms with Crippen molar-refractivity contribution in [1.82, 2.24) is 15.0 Å². The Balaban J connectivity index is 1.85. The Labute approximate surface area is 222 Å². The zero-order valence-corrected chi connectivity index (χ0v) is 21.5. The van der Waals surface area contributed by atoms with Crippen molar-refractivity contribution in [3.05, 3.63) is 102 Å². The highest BCUT2D eigenvalue weighted by Gasteiger charge is 2.22. The molecular formula is C29H30BN5O3. The lowest BCUT2D eigenvalue weighted by molar-refractivity contribution is -0.111. The minimum absolute atomic E-state index is 0.344. The van der Waals surface area contributed by atoms with E-state index in [0.717, 1.165) is 38.7 Å². The molecule has 8 nitrogen and oxygen atoms in total. The number of carbonyl (C=O) groups excluding carboxylic acids is 1. The van der Waals surface area contributed by atoms with Crippen molar-refractivity contribution in [2.24, 2.45) is 0 Å². The molecule has 3 aromatic carbocycles. The number of benzene rings is 3. The Bertz CT molecular complexity index is 1530. The molecule has 0 saturated heterocycles. The predicted octanol–water partition coefficient (Wildman–Crippen LogP) is 3.60. The van der Waals surface area contributed by atoms with Gasteiger partial charge in [0.15, 0.2) is 5.82 Å². The molecule has 4 rings (SSSR count). The minimum Gasteiger partial charge on any atom is -0.423 e. The number of fused-ring (bicyclic) bond motifs is 1. The van der Waals surface area contributed by atoms with Gasteiger partial charge in [0.1, 0.15) is 0 Å². The Morgan fingerprint density at radius 2 is 1.82 bits per heavy atom. The molecule has 9 heteroatoms. The molecule has 1 heterocycles. The van der Waals surface area contributed by atoms with Crippen molar-refractivity contribution >= 4 is 52.9 Å². The molecule has 0 unspecified atom stereocenters. The average molecular weight is 507 g/mol. The van der Waals surface area contributed by atoms with Crippen LogP contribution in [0.15, 0.2) is 80.0 Å². The number of amides is 1. The minimum atomic E-state index is -1.56. The van der Waals surface area contributed by atoms with E-state index in [-0.39, 0.29) is 5.91 Å². The Hall–Kier alpha value is -4.47. The second kappa shape index (κ2) is 11.7. The summed E-state index contributed by atoms with van der Waals surface area (Å²) in [5, 5.41) is 32.7. The van der Waals surface area contributed by atoms with Crippen LogP contribution in [0.4, 0.5) is 11.5 Å². The maximum absolute atomic E-state index is 11.7. The number of aromatic nitrogens is 3. The van der Waals surface area contributed by atoms with E-state index in [0.29, 0.717) is 24.4 Å². The molecular weight excluding hydrogens is 477 g/mol. The van der Waals surface area contributed by atoms with E-state index < -0.39 is 7.12 Å².